The van der Waals surface area contributed by atoms with Crippen molar-refractivity contribution < 1.29 is 39.9 Å². The molecule has 10 heteroatoms. The Morgan fingerprint density at radius 1 is 1.17 bits per heavy atom. The lowest BCUT2D eigenvalue weighted by atomic mass is 9.55. The summed E-state index contributed by atoms with van der Waals surface area (Å²) in [7, 11) is 0. The fourth-order valence-electron chi connectivity index (χ4n) is 5.04. The van der Waals surface area contributed by atoms with Crippen LogP contribution in [-0.2, 0) is 20.0 Å². The Labute approximate surface area is 169 Å². The molecule has 0 saturated heterocycles. The van der Waals surface area contributed by atoms with E-state index in [0.717, 1.165) is 0 Å². The highest BCUT2D eigenvalue weighted by Crippen LogP contribution is 2.57. The van der Waals surface area contributed by atoms with Crippen LogP contribution >= 0.6 is 0 Å². The maximum absolute atomic E-state index is 13.4. The molecule has 4 atom stereocenters. The molecule has 1 unspecified atom stereocenters. The van der Waals surface area contributed by atoms with E-state index in [9.17, 15) is 39.9 Å². The summed E-state index contributed by atoms with van der Waals surface area (Å²) in [6.45, 7) is 1.34. The Bertz CT molecular complexity index is 1120. The summed E-state index contributed by atoms with van der Waals surface area (Å²) in [6, 6.07) is 2.51. The number of primary amides is 1. The molecule has 1 amide bonds. The number of aliphatic hydroxyl groups excluding tert-OH is 2. The number of hydrogen-bond donors (Lipinski definition) is 7. The predicted molar refractivity (Wildman–Crippen MR) is 102 cm³/mol. The third-order valence-corrected chi connectivity index (χ3v) is 6.50. The number of carbonyl (C=O) groups is 3. The summed E-state index contributed by atoms with van der Waals surface area (Å²) in [5.41, 5.74) is 5.01. The lowest BCUT2D eigenvalue weighted by Gasteiger charge is -2.50. The van der Waals surface area contributed by atoms with Gasteiger partial charge >= 0.3 is 0 Å². The van der Waals surface area contributed by atoms with Gasteiger partial charge in [0.25, 0.3) is 5.91 Å². The molecule has 0 spiro atoms. The predicted octanol–water partition coefficient (Wildman–Crippen LogP) is -0.329. The summed E-state index contributed by atoms with van der Waals surface area (Å²) < 4.78 is 0. The van der Waals surface area contributed by atoms with Gasteiger partial charge in [0.15, 0.2) is 11.4 Å². The molecule has 0 aliphatic heterocycles. The van der Waals surface area contributed by atoms with E-state index in [-0.39, 0.29) is 23.2 Å². The maximum Gasteiger partial charge on any atom is 0.255 e. The van der Waals surface area contributed by atoms with Gasteiger partial charge in [-0.25, -0.2) is 0 Å². The zero-order valence-electron chi connectivity index (χ0n) is 15.8. The first-order valence-corrected chi connectivity index (χ1v) is 9.16. The number of ketones is 2. The topological polar surface area (TPSA) is 204 Å². The maximum atomic E-state index is 13.4. The van der Waals surface area contributed by atoms with E-state index in [1.165, 1.54) is 19.1 Å². The molecule has 0 bridgehead atoms. The molecule has 0 heterocycles. The molecular formula is C20H20N2O8. The fourth-order valence-corrected chi connectivity index (χ4v) is 5.04. The van der Waals surface area contributed by atoms with Gasteiger partial charge in [-0.2, -0.15) is 0 Å². The van der Waals surface area contributed by atoms with Crippen molar-refractivity contribution in [3.05, 3.63) is 40.2 Å². The van der Waals surface area contributed by atoms with Gasteiger partial charge in [0.1, 0.15) is 22.8 Å². The van der Waals surface area contributed by atoms with Crippen molar-refractivity contribution in [2.75, 3.05) is 5.73 Å². The third-order valence-electron chi connectivity index (χ3n) is 6.50. The minimum Gasteiger partial charge on any atom is -0.508 e. The second-order valence-electron chi connectivity index (χ2n) is 8.13. The van der Waals surface area contributed by atoms with Crippen molar-refractivity contribution >= 4 is 28.9 Å². The smallest absolute Gasteiger partial charge is 0.255 e. The summed E-state index contributed by atoms with van der Waals surface area (Å²) in [6.07, 6.45) is -0.682. The minimum atomic E-state index is -2.69. The SMILES string of the molecule is CC1(O)c2c(N)ccc(O)c2C(O)=C2C(=O)[C@]3(O)C(O)=C(C(N)=O)C(=O)C[C@@H]3C[C@@H]21. The molecule has 0 radical (unpaired) electrons. The van der Waals surface area contributed by atoms with Gasteiger partial charge in [-0.1, -0.05) is 0 Å². The number of nitrogen functional groups attached to an aromatic ring is 1. The van der Waals surface area contributed by atoms with E-state index >= 15 is 0 Å². The van der Waals surface area contributed by atoms with Crippen molar-refractivity contribution in [2.24, 2.45) is 17.6 Å². The van der Waals surface area contributed by atoms with Crippen molar-refractivity contribution in [1.29, 1.82) is 0 Å². The van der Waals surface area contributed by atoms with Gasteiger partial charge < -0.3 is 37.0 Å². The van der Waals surface area contributed by atoms with Crippen LogP contribution in [0.3, 0.4) is 0 Å². The van der Waals surface area contributed by atoms with Crippen LogP contribution in [0.5, 0.6) is 5.75 Å². The second kappa shape index (κ2) is 5.83. The molecule has 0 aromatic heterocycles. The van der Waals surface area contributed by atoms with Crippen molar-refractivity contribution in [2.45, 2.75) is 31.0 Å². The summed E-state index contributed by atoms with van der Waals surface area (Å²) in [5, 5.41) is 54.0. The molecule has 1 saturated carbocycles. The molecular weight excluding hydrogens is 396 g/mol. The van der Waals surface area contributed by atoms with Crippen LogP contribution in [0.1, 0.15) is 30.9 Å². The van der Waals surface area contributed by atoms with Crippen LogP contribution < -0.4 is 11.5 Å². The number of anilines is 1. The lowest BCUT2D eigenvalue weighted by Crippen LogP contribution is -2.60. The molecule has 4 rings (SSSR count). The molecule has 158 valence electrons. The molecule has 1 aromatic carbocycles. The normalized spacial score (nSPS) is 33.2. The first-order valence-electron chi connectivity index (χ1n) is 9.16. The van der Waals surface area contributed by atoms with E-state index in [4.69, 9.17) is 11.5 Å². The van der Waals surface area contributed by atoms with Gasteiger partial charge in [0.05, 0.1) is 11.2 Å². The number of rotatable bonds is 1. The molecule has 10 nitrogen and oxygen atoms in total. The standard InChI is InChI=1S/C20H20N2O8/c1-19(29)7-4-6-5-10(24)13(18(22)28)17(27)20(6,30)16(26)11(7)15(25)12-9(23)3-2-8(21)14(12)19/h2-3,6-7,23,25,27,29-30H,4-5,21H2,1H3,(H2,22,28)/t6-,7-,19?,20-/m0/s1. The number of hydrogen-bond acceptors (Lipinski definition) is 9. The Balaban J connectivity index is 2.03. The van der Waals surface area contributed by atoms with E-state index in [1.54, 1.807) is 0 Å². The van der Waals surface area contributed by atoms with Gasteiger partial charge in [-0.3, -0.25) is 14.4 Å². The average Bonchev–Trinajstić information content (AvgIpc) is 2.64. The fraction of sp³-hybridized carbons (Fsp3) is 0.350. The van der Waals surface area contributed by atoms with Crippen LogP contribution in [0.4, 0.5) is 5.69 Å². The molecule has 3 aliphatic carbocycles. The number of benzene rings is 1. The zero-order chi connectivity index (χ0) is 22.3. The third kappa shape index (κ3) is 2.17. The van der Waals surface area contributed by atoms with E-state index in [1.807, 2.05) is 0 Å². The van der Waals surface area contributed by atoms with Crippen LogP contribution in [0.15, 0.2) is 29.0 Å². The number of phenols is 1. The van der Waals surface area contributed by atoms with Crippen LogP contribution in [0.25, 0.3) is 5.76 Å². The van der Waals surface area contributed by atoms with Gasteiger partial charge in [-0.05, 0) is 25.5 Å². The zero-order valence-corrected chi connectivity index (χ0v) is 15.8. The highest BCUT2D eigenvalue weighted by atomic mass is 16.3. The minimum absolute atomic E-state index is 0.00622. The summed E-state index contributed by atoms with van der Waals surface area (Å²) in [4.78, 5) is 37.3. The number of fused-ring (bicyclic) bond motifs is 3. The Hall–Kier alpha value is -3.37. The van der Waals surface area contributed by atoms with Crippen LogP contribution in [0, 0.1) is 11.8 Å². The summed E-state index contributed by atoms with van der Waals surface area (Å²) in [5.74, 6) is -7.98. The first-order chi connectivity index (χ1) is 13.8. The Kier molecular flexibility index (Phi) is 3.87. The van der Waals surface area contributed by atoms with Crippen LogP contribution in [0.2, 0.25) is 0 Å². The van der Waals surface area contributed by atoms with E-state index < -0.39 is 75.3 Å². The number of amides is 1. The number of Topliss-reactive ketones (excluding diaryl/α,β-unsaturated/α-hetero) is 2. The largest absolute Gasteiger partial charge is 0.508 e. The second-order valence-corrected chi connectivity index (χ2v) is 8.13. The number of aromatic hydroxyl groups is 1. The summed E-state index contributed by atoms with van der Waals surface area (Å²) >= 11 is 0. The number of aliphatic hydroxyl groups is 4. The highest BCUT2D eigenvalue weighted by Gasteiger charge is 2.63. The van der Waals surface area contributed by atoms with Gasteiger partial charge in [-0.15, -0.1) is 0 Å². The number of phenolic OH excluding ortho intramolecular Hbond substituents is 1. The van der Waals surface area contributed by atoms with Crippen molar-refractivity contribution in [1.82, 2.24) is 0 Å². The molecule has 9 N–H and O–H groups in total. The molecule has 1 aromatic rings. The van der Waals surface area contributed by atoms with Crippen molar-refractivity contribution in [3.8, 4) is 5.75 Å². The average molecular weight is 416 g/mol. The van der Waals surface area contributed by atoms with Gasteiger partial charge in [0, 0.05) is 35.1 Å². The van der Waals surface area contributed by atoms with Crippen LogP contribution in [-0.4, -0.2) is 48.6 Å². The lowest BCUT2D eigenvalue weighted by molar-refractivity contribution is -0.152. The molecule has 1 fully saturated rings. The number of nitrogens with two attached hydrogens (primary N) is 2. The monoisotopic (exact) mass is 416 g/mol. The van der Waals surface area contributed by atoms with Gasteiger partial charge in [0.2, 0.25) is 5.78 Å². The Morgan fingerprint density at radius 3 is 2.40 bits per heavy atom. The Morgan fingerprint density at radius 2 is 1.80 bits per heavy atom. The van der Waals surface area contributed by atoms with E-state index in [0.29, 0.717) is 0 Å². The van der Waals surface area contributed by atoms with E-state index in [2.05, 4.69) is 0 Å². The molecule has 3 aliphatic rings. The first kappa shape index (κ1) is 19.9. The van der Waals surface area contributed by atoms with Crippen molar-refractivity contribution in [3.63, 3.8) is 0 Å². The highest BCUT2D eigenvalue weighted by molar-refractivity contribution is 6.22. The molecule has 30 heavy (non-hydrogen) atoms. The number of carbonyl (C=O) groups excluding carboxylic acids is 3. The quantitative estimate of drug-likeness (QED) is 0.182.